The predicted molar refractivity (Wildman–Crippen MR) is 59.8 cm³/mol. The number of carbonyl (C=O) groups excluding carboxylic acids is 2. The van der Waals surface area contributed by atoms with Crippen LogP contribution >= 0.6 is 0 Å². The minimum Gasteiger partial charge on any atom is -0.493 e. The van der Waals surface area contributed by atoms with Gasteiger partial charge in [0.05, 0.1) is 12.2 Å². The third kappa shape index (κ3) is 2.21. The summed E-state index contributed by atoms with van der Waals surface area (Å²) in [4.78, 5) is 22.7. The molecule has 4 heteroatoms. The standard InChI is InChI=1S/C12H13NO3/c1-8(14)13-9-4-5-12-10(7-9)11(15)3-2-6-16-12/h4-5,7H,2-3,6H2,1H3,(H,13,14). The molecular weight excluding hydrogens is 206 g/mol. The van der Waals surface area contributed by atoms with E-state index in [1.165, 1.54) is 6.92 Å². The number of hydrogen-bond acceptors (Lipinski definition) is 3. The molecule has 84 valence electrons. The zero-order valence-corrected chi connectivity index (χ0v) is 9.08. The molecule has 0 bridgehead atoms. The topological polar surface area (TPSA) is 55.4 Å². The fraction of sp³-hybridized carbons (Fsp3) is 0.333. The third-order valence-corrected chi connectivity index (χ3v) is 2.41. The molecule has 0 atom stereocenters. The van der Waals surface area contributed by atoms with Crippen molar-refractivity contribution in [2.45, 2.75) is 19.8 Å². The Labute approximate surface area is 93.6 Å². The van der Waals surface area contributed by atoms with E-state index < -0.39 is 0 Å². The number of fused-ring (bicyclic) bond motifs is 1. The van der Waals surface area contributed by atoms with Crippen molar-refractivity contribution < 1.29 is 14.3 Å². The number of hydrogen-bond donors (Lipinski definition) is 1. The Morgan fingerprint density at radius 3 is 3.00 bits per heavy atom. The van der Waals surface area contributed by atoms with Gasteiger partial charge in [-0.15, -0.1) is 0 Å². The van der Waals surface area contributed by atoms with Gasteiger partial charge in [-0.05, 0) is 24.6 Å². The summed E-state index contributed by atoms with van der Waals surface area (Å²) >= 11 is 0. The maximum atomic E-state index is 11.8. The summed E-state index contributed by atoms with van der Waals surface area (Å²) in [5, 5.41) is 2.65. The smallest absolute Gasteiger partial charge is 0.221 e. The maximum Gasteiger partial charge on any atom is 0.221 e. The molecule has 1 aliphatic rings. The highest BCUT2D eigenvalue weighted by Crippen LogP contribution is 2.27. The zero-order valence-electron chi connectivity index (χ0n) is 9.08. The van der Waals surface area contributed by atoms with Crippen molar-refractivity contribution in [3.05, 3.63) is 23.8 Å². The largest absolute Gasteiger partial charge is 0.493 e. The number of Topliss-reactive ketones (excluding diaryl/α,β-unsaturated/α-hetero) is 1. The van der Waals surface area contributed by atoms with Crippen LogP contribution in [0.4, 0.5) is 5.69 Å². The molecular formula is C12H13NO3. The Balaban J connectivity index is 2.35. The van der Waals surface area contributed by atoms with E-state index in [-0.39, 0.29) is 11.7 Å². The highest BCUT2D eigenvalue weighted by molar-refractivity contribution is 6.00. The number of ketones is 1. The Morgan fingerprint density at radius 2 is 2.25 bits per heavy atom. The lowest BCUT2D eigenvalue weighted by Gasteiger charge is -2.08. The molecule has 0 radical (unpaired) electrons. The van der Waals surface area contributed by atoms with Crippen molar-refractivity contribution in [2.75, 3.05) is 11.9 Å². The second kappa shape index (κ2) is 4.35. The quantitative estimate of drug-likeness (QED) is 0.786. The molecule has 0 saturated carbocycles. The van der Waals surface area contributed by atoms with Gasteiger partial charge in [0, 0.05) is 19.0 Å². The zero-order chi connectivity index (χ0) is 11.5. The van der Waals surface area contributed by atoms with Gasteiger partial charge in [0.15, 0.2) is 5.78 Å². The SMILES string of the molecule is CC(=O)Nc1ccc2c(c1)C(=O)CCCO2. The highest BCUT2D eigenvalue weighted by Gasteiger charge is 2.17. The highest BCUT2D eigenvalue weighted by atomic mass is 16.5. The minimum atomic E-state index is -0.151. The minimum absolute atomic E-state index is 0.0692. The van der Waals surface area contributed by atoms with Crippen LogP contribution in [0.1, 0.15) is 30.1 Å². The lowest BCUT2D eigenvalue weighted by molar-refractivity contribution is -0.114. The first-order valence-corrected chi connectivity index (χ1v) is 5.24. The van der Waals surface area contributed by atoms with Gasteiger partial charge in [-0.1, -0.05) is 0 Å². The number of amides is 1. The lowest BCUT2D eigenvalue weighted by Crippen LogP contribution is -2.07. The van der Waals surface area contributed by atoms with E-state index in [1.807, 2.05) is 0 Å². The van der Waals surface area contributed by atoms with Crippen LogP contribution in [0.3, 0.4) is 0 Å². The molecule has 16 heavy (non-hydrogen) atoms. The van der Waals surface area contributed by atoms with Gasteiger partial charge in [0.1, 0.15) is 5.75 Å². The van der Waals surface area contributed by atoms with Crippen molar-refractivity contribution in [1.82, 2.24) is 0 Å². The van der Waals surface area contributed by atoms with E-state index in [0.717, 1.165) is 6.42 Å². The molecule has 0 saturated heterocycles. The first kappa shape index (κ1) is 10.7. The second-order valence-corrected chi connectivity index (χ2v) is 3.77. The molecule has 4 nitrogen and oxygen atoms in total. The summed E-state index contributed by atoms with van der Waals surface area (Å²) in [5.41, 5.74) is 1.19. The van der Waals surface area contributed by atoms with Crippen LogP contribution in [-0.2, 0) is 4.79 Å². The fourth-order valence-electron chi connectivity index (χ4n) is 1.70. The van der Waals surface area contributed by atoms with Gasteiger partial charge in [0.2, 0.25) is 5.91 Å². The molecule has 0 aromatic heterocycles. The summed E-state index contributed by atoms with van der Waals surface area (Å²) < 4.78 is 5.45. The molecule has 1 aromatic carbocycles. The van der Waals surface area contributed by atoms with E-state index in [4.69, 9.17) is 4.74 Å². The first-order chi connectivity index (χ1) is 7.66. The van der Waals surface area contributed by atoms with Crippen molar-refractivity contribution in [2.24, 2.45) is 0 Å². The maximum absolute atomic E-state index is 11.8. The average Bonchev–Trinajstić information content (AvgIpc) is 2.41. The third-order valence-electron chi connectivity index (χ3n) is 2.41. The summed E-state index contributed by atoms with van der Waals surface area (Å²) in [6.45, 7) is 2.00. The summed E-state index contributed by atoms with van der Waals surface area (Å²) in [6.07, 6.45) is 1.24. The van der Waals surface area contributed by atoms with Gasteiger partial charge >= 0.3 is 0 Å². The molecule has 1 amide bonds. The molecule has 2 rings (SSSR count). The molecule has 0 spiro atoms. The van der Waals surface area contributed by atoms with Crippen molar-refractivity contribution in [1.29, 1.82) is 0 Å². The second-order valence-electron chi connectivity index (χ2n) is 3.77. The van der Waals surface area contributed by atoms with Gasteiger partial charge in [-0.3, -0.25) is 9.59 Å². The number of rotatable bonds is 1. The van der Waals surface area contributed by atoms with Crippen LogP contribution in [-0.4, -0.2) is 18.3 Å². The normalized spacial score (nSPS) is 14.7. The number of carbonyl (C=O) groups is 2. The number of ether oxygens (including phenoxy) is 1. The Kier molecular flexibility index (Phi) is 2.90. The number of nitrogens with one attached hydrogen (secondary N) is 1. The average molecular weight is 219 g/mol. The van der Waals surface area contributed by atoms with Crippen LogP contribution in [0, 0.1) is 0 Å². The van der Waals surface area contributed by atoms with Crippen LogP contribution in [0.2, 0.25) is 0 Å². The molecule has 0 unspecified atom stereocenters. The van der Waals surface area contributed by atoms with Gasteiger partial charge in [-0.2, -0.15) is 0 Å². The van der Waals surface area contributed by atoms with E-state index in [0.29, 0.717) is 30.0 Å². The summed E-state index contributed by atoms with van der Waals surface area (Å²) in [5.74, 6) is 0.526. The molecule has 0 aliphatic carbocycles. The summed E-state index contributed by atoms with van der Waals surface area (Å²) in [6, 6.07) is 5.13. The number of anilines is 1. The first-order valence-electron chi connectivity index (χ1n) is 5.24. The van der Waals surface area contributed by atoms with E-state index >= 15 is 0 Å². The molecule has 1 heterocycles. The fourth-order valence-corrected chi connectivity index (χ4v) is 1.70. The Bertz CT molecular complexity index is 440. The van der Waals surface area contributed by atoms with Crippen LogP contribution in [0.25, 0.3) is 0 Å². The molecule has 1 aliphatic heterocycles. The van der Waals surface area contributed by atoms with Crippen molar-refractivity contribution in [3.8, 4) is 5.75 Å². The van der Waals surface area contributed by atoms with Gasteiger partial charge in [0.25, 0.3) is 0 Å². The number of benzene rings is 1. The lowest BCUT2D eigenvalue weighted by atomic mass is 10.1. The van der Waals surface area contributed by atoms with E-state index in [2.05, 4.69) is 5.32 Å². The molecule has 1 aromatic rings. The van der Waals surface area contributed by atoms with Crippen LogP contribution < -0.4 is 10.1 Å². The van der Waals surface area contributed by atoms with Gasteiger partial charge < -0.3 is 10.1 Å². The van der Waals surface area contributed by atoms with Gasteiger partial charge in [-0.25, -0.2) is 0 Å². The van der Waals surface area contributed by atoms with E-state index in [9.17, 15) is 9.59 Å². The van der Waals surface area contributed by atoms with E-state index in [1.54, 1.807) is 18.2 Å². The summed E-state index contributed by atoms with van der Waals surface area (Å²) in [7, 11) is 0. The Morgan fingerprint density at radius 1 is 1.44 bits per heavy atom. The molecule has 1 N–H and O–H groups in total. The molecule has 0 fully saturated rings. The van der Waals surface area contributed by atoms with Crippen molar-refractivity contribution in [3.63, 3.8) is 0 Å². The predicted octanol–water partition coefficient (Wildman–Crippen LogP) is 2.00. The Hall–Kier alpha value is -1.84. The van der Waals surface area contributed by atoms with Crippen LogP contribution in [0.5, 0.6) is 5.75 Å². The monoisotopic (exact) mass is 219 g/mol. The van der Waals surface area contributed by atoms with Crippen LogP contribution in [0.15, 0.2) is 18.2 Å². The van der Waals surface area contributed by atoms with Crippen molar-refractivity contribution >= 4 is 17.4 Å².